The van der Waals surface area contributed by atoms with E-state index in [1.54, 1.807) is 0 Å². The van der Waals surface area contributed by atoms with Crippen molar-refractivity contribution >= 4 is 27.2 Å². The maximum absolute atomic E-state index is 13.6. The molecule has 1 atom stereocenters. The number of benzene rings is 1. The van der Waals surface area contributed by atoms with E-state index in [0.717, 1.165) is 24.5 Å². The van der Waals surface area contributed by atoms with Crippen molar-refractivity contribution in [1.29, 1.82) is 0 Å². The molecule has 1 aromatic carbocycles. The van der Waals surface area contributed by atoms with Gasteiger partial charge in [-0.15, -0.1) is 0 Å². The van der Waals surface area contributed by atoms with Crippen molar-refractivity contribution in [2.75, 3.05) is 16.8 Å². The van der Waals surface area contributed by atoms with Crippen LogP contribution in [0, 0.1) is 17.5 Å². The molecule has 1 fully saturated rings. The predicted octanol–water partition coefficient (Wildman–Crippen LogP) is 1.55. The Balaban J connectivity index is 1.67. The molecule has 0 bridgehead atoms. The first-order chi connectivity index (χ1) is 12.2. The highest BCUT2D eigenvalue weighted by Gasteiger charge is 2.29. The number of halogens is 3. The van der Waals surface area contributed by atoms with E-state index in [4.69, 9.17) is 0 Å². The van der Waals surface area contributed by atoms with E-state index in [1.807, 2.05) is 0 Å². The van der Waals surface area contributed by atoms with Crippen molar-refractivity contribution in [3.05, 3.63) is 47.7 Å². The molecule has 3 rings (SSSR count). The highest BCUT2D eigenvalue weighted by atomic mass is 32.2. The summed E-state index contributed by atoms with van der Waals surface area (Å²) < 4.78 is 62.5. The number of carbonyl (C=O) groups is 1. The van der Waals surface area contributed by atoms with Crippen LogP contribution in [-0.4, -0.2) is 41.8 Å². The Morgan fingerprint density at radius 1 is 1.12 bits per heavy atom. The molecule has 138 valence electrons. The molecule has 7 nitrogen and oxygen atoms in total. The Hall–Kier alpha value is -2.69. The average Bonchev–Trinajstić information content (AvgIpc) is 2.94. The summed E-state index contributed by atoms with van der Waals surface area (Å²) in [5.74, 6) is -5.03. The minimum absolute atomic E-state index is 0.00917. The molecule has 0 spiro atoms. The molecule has 0 aliphatic carbocycles. The number of hydrogen-bond acceptors (Lipinski definition) is 6. The zero-order valence-electron chi connectivity index (χ0n) is 13.2. The second-order valence-corrected chi connectivity index (χ2v) is 7.94. The highest BCUT2D eigenvalue weighted by molar-refractivity contribution is 7.91. The van der Waals surface area contributed by atoms with Gasteiger partial charge in [0.25, 0.3) is 5.91 Å². The first-order valence-electron chi connectivity index (χ1n) is 7.49. The number of carbonyl (C=O) groups excluding carboxylic acids is 1. The summed E-state index contributed by atoms with van der Waals surface area (Å²) in [6, 6.07) is 1.27. The minimum Gasteiger partial charge on any atom is -0.347 e. The van der Waals surface area contributed by atoms with Gasteiger partial charge >= 0.3 is 0 Å². The molecule has 1 unspecified atom stereocenters. The van der Waals surface area contributed by atoms with E-state index in [-0.39, 0.29) is 28.7 Å². The second-order valence-electron chi connectivity index (χ2n) is 5.71. The first kappa shape index (κ1) is 18.1. The van der Waals surface area contributed by atoms with Gasteiger partial charge in [-0.05, 0) is 18.6 Å². The summed E-state index contributed by atoms with van der Waals surface area (Å²) in [5.41, 5.74) is -0.405. The maximum atomic E-state index is 13.6. The van der Waals surface area contributed by atoms with Gasteiger partial charge in [0.15, 0.2) is 27.3 Å². The molecular formula is C15H13F3N4O3S. The molecule has 2 N–H and O–H groups in total. The Morgan fingerprint density at radius 3 is 2.50 bits per heavy atom. The third kappa shape index (κ3) is 3.93. The van der Waals surface area contributed by atoms with E-state index in [1.165, 1.54) is 0 Å². The van der Waals surface area contributed by atoms with Gasteiger partial charge in [0.05, 0.1) is 29.6 Å². The monoisotopic (exact) mass is 386 g/mol. The molecule has 1 aliphatic heterocycles. The number of rotatable bonds is 4. The zero-order chi connectivity index (χ0) is 18.9. The van der Waals surface area contributed by atoms with Crippen LogP contribution >= 0.6 is 0 Å². The summed E-state index contributed by atoms with van der Waals surface area (Å²) in [6.07, 6.45) is 2.54. The Kier molecular flexibility index (Phi) is 4.81. The molecule has 1 aromatic heterocycles. The molecule has 2 heterocycles. The lowest BCUT2D eigenvalue weighted by atomic mass is 10.2. The normalized spacial score (nSPS) is 18.5. The SMILES string of the molecule is O=C(NC1CCS(=O)(=O)C1)c1cnc(Nc2ccc(F)c(F)c2F)cn1. The van der Waals surface area contributed by atoms with Gasteiger partial charge in [-0.1, -0.05) is 0 Å². The van der Waals surface area contributed by atoms with Crippen LogP contribution in [0.5, 0.6) is 0 Å². The fourth-order valence-corrected chi connectivity index (χ4v) is 4.11. The standard InChI is InChI=1S/C15H13F3N4O3S/c16-9-1-2-10(14(18)13(9)17)22-12-6-19-11(5-20-12)15(23)21-8-3-4-26(24,25)7-8/h1-2,5-6,8H,3-4,7H2,(H,20,22)(H,21,23). The quantitative estimate of drug-likeness (QED) is 0.774. The van der Waals surface area contributed by atoms with Gasteiger partial charge in [-0.2, -0.15) is 0 Å². The van der Waals surface area contributed by atoms with Gasteiger partial charge < -0.3 is 10.6 Å². The van der Waals surface area contributed by atoms with Gasteiger partial charge in [-0.3, -0.25) is 4.79 Å². The Bertz CT molecular complexity index is 951. The van der Waals surface area contributed by atoms with Crippen molar-refractivity contribution in [1.82, 2.24) is 15.3 Å². The summed E-state index contributed by atoms with van der Waals surface area (Å²) >= 11 is 0. The number of amides is 1. The fraction of sp³-hybridized carbons (Fsp3) is 0.267. The van der Waals surface area contributed by atoms with Crippen LogP contribution in [0.3, 0.4) is 0 Å². The lowest BCUT2D eigenvalue weighted by Gasteiger charge is -2.11. The van der Waals surface area contributed by atoms with Gasteiger partial charge in [0.2, 0.25) is 0 Å². The molecule has 0 radical (unpaired) electrons. The molecular weight excluding hydrogens is 373 g/mol. The second kappa shape index (κ2) is 6.90. The lowest BCUT2D eigenvalue weighted by molar-refractivity contribution is 0.0935. The van der Waals surface area contributed by atoms with E-state index < -0.39 is 39.2 Å². The van der Waals surface area contributed by atoms with Gasteiger partial charge in [0.1, 0.15) is 11.5 Å². The first-order valence-corrected chi connectivity index (χ1v) is 9.31. The van der Waals surface area contributed by atoms with Crippen LogP contribution in [0.1, 0.15) is 16.9 Å². The van der Waals surface area contributed by atoms with Crippen LogP contribution < -0.4 is 10.6 Å². The highest BCUT2D eigenvalue weighted by Crippen LogP contribution is 2.22. The van der Waals surface area contributed by atoms with Crippen LogP contribution in [0.4, 0.5) is 24.7 Å². The summed E-state index contributed by atoms with van der Waals surface area (Å²) in [6.45, 7) is 0. The summed E-state index contributed by atoms with van der Waals surface area (Å²) in [7, 11) is -3.13. The average molecular weight is 386 g/mol. The molecule has 1 saturated heterocycles. The van der Waals surface area contributed by atoms with Crippen molar-refractivity contribution in [3.8, 4) is 0 Å². The van der Waals surface area contributed by atoms with E-state index >= 15 is 0 Å². The van der Waals surface area contributed by atoms with Crippen LogP contribution in [0.15, 0.2) is 24.5 Å². The number of anilines is 2. The summed E-state index contributed by atoms with van der Waals surface area (Å²) in [5, 5.41) is 4.97. The maximum Gasteiger partial charge on any atom is 0.271 e. The van der Waals surface area contributed by atoms with Crippen molar-refractivity contribution < 1.29 is 26.4 Å². The molecule has 1 amide bonds. The number of hydrogen-bond donors (Lipinski definition) is 2. The van der Waals surface area contributed by atoms with Crippen molar-refractivity contribution in [2.24, 2.45) is 0 Å². The molecule has 0 saturated carbocycles. The smallest absolute Gasteiger partial charge is 0.271 e. The lowest BCUT2D eigenvalue weighted by Crippen LogP contribution is -2.36. The Morgan fingerprint density at radius 2 is 1.88 bits per heavy atom. The van der Waals surface area contributed by atoms with E-state index in [0.29, 0.717) is 6.42 Å². The van der Waals surface area contributed by atoms with E-state index in [2.05, 4.69) is 20.6 Å². The third-order valence-electron chi connectivity index (χ3n) is 3.75. The molecule has 26 heavy (non-hydrogen) atoms. The number of nitrogens with zero attached hydrogens (tertiary/aromatic N) is 2. The van der Waals surface area contributed by atoms with Crippen LogP contribution in [-0.2, 0) is 9.84 Å². The third-order valence-corrected chi connectivity index (χ3v) is 5.52. The van der Waals surface area contributed by atoms with Crippen molar-refractivity contribution in [3.63, 3.8) is 0 Å². The topological polar surface area (TPSA) is 101 Å². The van der Waals surface area contributed by atoms with Gasteiger partial charge in [0, 0.05) is 6.04 Å². The number of nitrogens with one attached hydrogen (secondary N) is 2. The Labute approximate surface area is 146 Å². The van der Waals surface area contributed by atoms with Crippen LogP contribution in [0.2, 0.25) is 0 Å². The number of aromatic nitrogens is 2. The largest absolute Gasteiger partial charge is 0.347 e. The zero-order valence-corrected chi connectivity index (χ0v) is 14.0. The summed E-state index contributed by atoms with van der Waals surface area (Å²) in [4.78, 5) is 19.7. The minimum atomic E-state index is -3.13. The van der Waals surface area contributed by atoms with Crippen LogP contribution in [0.25, 0.3) is 0 Å². The number of sulfone groups is 1. The fourth-order valence-electron chi connectivity index (χ4n) is 2.44. The predicted molar refractivity (Wildman–Crippen MR) is 86.2 cm³/mol. The molecule has 11 heteroatoms. The van der Waals surface area contributed by atoms with E-state index in [9.17, 15) is 26.4 Å². The van der Waals surface area contributed by atoms with Crippen molar-refractivity contribution in [2.45, 2.75) is 12.5 Å². The molecule has 1 aliphatic rings. The molecule has 2 aromatic rings. The van der Waals surface area contributed by atoms with Gasteiger partial charge in [-0.25, -0.2) is 31.6 Å².